The average Bonchev–Trinajstić information content (AvgIpc) is 3.60. The van der Waals surface area contributed by atoms with Crippen molar-refractivity contribution in [2.75, 3.05) is 0 Å². The molecule has 0 bridgehead atoms. The van der Waals surface area contributed by atoms with E-state index >= 15 is 0 Å². The van der Waals surface area contributed by atoms with Gasteiger partial charge >= 0.3 is 0 Å². The van der Waals surface area contributed by atoms with Crippen LogP contribution >= 0.6 is 11.8 Å². The van der Waals surface area contributed by atoms with Gasteiger partial charge in [0.2, 0.25) is 0 Å². The summed E-state index contributed by atoms with van der Waals surface area (Å²) in [5.41, 5.74) is 15.2. The largest absolute Gasteiger partial charge is 0.247 e. The first-order valence-corrected chi connectivity index (χ1v) is 20.5. The Morgan fingerprint density at radius 3 is 1.64 bits per heavy atom. The molecule has 270 valence electrons. The topological polar surface area (TPSA) is 38.7 Å². The van der Waals surface area contributed by atoms with Gasteiger partial charge in [-0.3, -0.25) is 0 Å². The molecule has 0 radical (unpaired) electrons. The number of hydrogen-bond donors (Lipinski definition) is 0. The van der Waals surface area contributed by atoms with E-state index in [2.05, 4.69) is 176 Å². The van der Waals surface area contributed by atoms with E-state index in [1.807, 2.05) is 36.0 Å². The number of pyridine rings is 1. The van der Waals surface area contributed by atoms with Crippen molar-refractivity contribution in [2.45, 2.75) is 15.2 Å². The number of nitrogens with zero attached hydrogens (tertiary/aromatic N) is 3. The van der Waals surface area contributed by atoms with Crippen LogP contribution in [0, 0.1) is 0 Å². The Morgan fingerprint density at radius 2 is 0.931 bits per heavy atom. The second-order valence-corrected chi connectivity index (χ2v) is 16.1. The molecule has 1 aliphatic carbocycles. The molecule has 2 aliphatic rings. The molecule has 0 unspecified atom stereocenters. The Kier molecular flexibility index (Phi) is 7.38. The van der Waals surface area contributed by atoms with Crippen LogP contribution in [0.3, 0.4) is 0 Å². The predicted molar refractivity (Wildman–Crippen MR) is 238 cm³/mol. The van der Waals surface area contributed by atoms with E-state index in [-0.39, 0.29) is 0 Å². The van der Waals surface area contributed by atoms with E-state index < -0.39 is 5.41 Å². The molecule has 10 aromatic rings. The van der Waals surface area contributed by atoms with E-state index in [1.54, 1.807) is 0 Å². The summed E-state index contributed by atoms with van der Waals surface area (Å²) < 4.78 is 0. The number of benzene rings is 8. The highest BCUT2D eigenvalue weighted by atomic mass is 32.2. The van der Waals surface area contributed by atoms with Gasteiger partial charge in [0.15, 0.2) is 5.82 Å². The number of hydrogen-bond acceptors (Lipinski definition) is 4. The Balaban J connectivity index is 1.10. The zero-order valence-electron chi connectivity index (χ0n) is 31.3. The van der Waals surface area contributed by atoms with Crippen LogP contribution in [0.4, 0.5) is 0 Å². The lowest BCUT2D eigenvalue weighted by Gasteiger charge is -2.39. The lowest BCUT2D eigenvalue weighted by atomic mass is 9.67. The zero-order chi connectivity index (χ0) is 38.2. The minimum Gasteiger partial charge on any atom is -0.247 e. The number of fused-ring (bicyclic) bond motifs is 13. The first-order chi connectivity index (χ1) is 28.8. The first-order valence-electron chi connectivity index (χ1n) is 19.7. The molecular formula is C54H33N3S. The fourth-order valence-electron chi connectivity index (χ4n) is 9.46. The van der Waals surface area contributed by atoms with Crippen molar-refractivity contribution in [1.82, 2.24) is 15.0 Å². The van der Waals surface area contributed by atoms with E-state index in [1.165, 1.54) is 53.9 Å². The summed E-state index contributed by atoms with van der Waals surface area (Å²) in [6.45, 7) is 0. The second-order valence-electron chi connectivity index (χ2n) is 15.0. The summed E-state index contributed by atoms with van der Waals surface area (Å²) in [5, 5.41) is 3.54. The average molecular weight is 756 g/mol. The number of rotatable bonds is 4. The fraction of sp³-hybridized carbons (Fsp3) is 0.0185. The minimum absolute atomic E-state index is 0.467. The van der Waals surface area contributed by atoms with Crippen LogP contribution in [0.15, 0.2) is 210 Å². The van der Waals surface area contributed by atoms with E-state index in [9.17, 15) is 0 Å². The van der Waals surface area contributed by atoms with Crippen LogP contribution in [0.2, 0.25) is 0 Å². The van der Waals surface area contributed by atoms with Crippen LogP contribution < -0.4 is 0 Å². The molecule has 1 aliphatic heterocycles. The van der Waals surface area contributed by atoms with Crippen LogP contribution in [-0.4, -0.2) is 15.0 Å². The third-order valence-electron chi connectivity index (χ3n) is 12.0. The van der Waals surface area contributed by atoms with Crippen molar-refractivity contribution in [1.29, 1.82) is 0 Å². The maximum Gasteiger partial charge on any atom is 0.160 e. The normalized spacial score (nSPS) is 13.2. The third kappa shape index (κ3) is 4.85. The van der Waals surface area contributed by atoms with Crippen molar-refractivity contribution in [3.05, 3.63) is 222 Å². The maximum atomic E-state index is 5.53. The Morgan fingerprint density at radius 1 is 0.379 bits per heavy atom. The van der Waals surface area contributed by atoms with Crippen molar-refractivity contribution in [3.63, 3.8) is 0 Å². The van der Waals surface area contributed by atoms with Gasteiger partial charge in [0.05, 0.1) is 28.0 Å². The molecule has 0 fully saturated rings. The molecule has 12 rings (SSSR count). The molecule has 0 amide bonds. The van der Waals surface area contributed by atoms with E-state index in [0.717, 1.165) is 50.2 Å². The molecule has 58 heavy (non-hydrogen) atoms. The Bertz CT molecular complexity index is 3150. The lowest BCUT2D eigenvalue weighted by Crippen LogP contribution is -2.31. The lowest BCUT2D eigenvalue weighted by molar-refractivity contribution is 0.723. The van der Waals surface area contributed by atoms with Gasteiger partial charge in [-0.2, -0.15) is 0 Å². The SMILES string of the molecule is c1ccc(-c2cc(-c3ccc(-c4nc5ccccc5c5ccc6c(c45)-c4ccccc4C64c5ccccc5Sc5ccccc54)cc3)nc(-c3ccccc3)n2)cc1. The van der Waals surface area contributed by atoms with Gasteiger partial charge in [-0.15, -0.1) is 0 Å². The summed E-state index contributed by atoms with van der Waals surface area (Å²) in [6.07, 6.45) is 0. The molecule has 4 heteroatoms. The van der Waals surface area contributed by atoms with Gasteiger partial charge in [-0.25, -0.2) is 15.0 Å². The van der Waals surface area contributed by atoms with E-state index in [0.29, 0.717) is 5.82 Å². The summed E-state index contributed by atoms with van der Waals surface area (Å²) in [6, 6.07) is 71.8. The summed E-state index contributed by atoms with van der Waals surface area (Å²) in [5.74, 6) is 0.704. The smallest absolute Gasteiger partial charge is 0.160 e. The molecule has 0 N–H and O–H groups in total. The van der Waals surface area contributed by atoms with Crippen molar-refractivity contribution in [2.24, 2.45) is 0 Å². The van der Waals surface area contributed by atoms with Crippen molar-refractivity contribution >= 4 is 33.4 Å². The molecule has 2 aromatic heterocycles. The highest BCUT2D eigenvalue weighted by Crippen LogP contribution is 2.63. The zero-order valence-corrected chi connectivity index (χ0v) is 32.1. The first kappa shape index (κ1) is 33.0. The summed E-state index contributed by atoms with van der Waals surface area (Å²) in [4.78, 5) is 18.3. The number of para-hydroxylation sites is 1. The van der Waals surface area contributed by atoms with Crippen LogP contribution in [0.5, 0.6) is 0 Å². The van der Waals surface area contributed by atoms with Gasteiger partial charge in [0.25, 0.3) is 0 Å². The Labute approximate surface area is 340 Å². The third-order valence-corrected chi connectivity index (χ3v) is 13.1. The summed E-state index contributed by atoms with van der Waals surface area (Å²) >= 11 is 1.88. The number of aromatic nitrogens is 3. The van der Waals surface area contributed by atoms with Crippen LogP contribution in [-0.2, 0) is 5.41 Å². The monoisotopic (exact) mass is 755 g/mol. The molecule has 0 saturated carbocycles. The fourth-order valence-corrected chi connectivity index (χ4v) is 10.7. The van der Waals surface area contributed by atoms with Crippen LogP contribution in [0.1, 0.15) is 22.3 Å². The standard InChI is InChI=1S/C54H33N3S/c1-3-15-34(16-4-1)46-33-47(57-53(56-46)37-17-5-2-6-18-37)35-27-29-36(30-28-35)52-51-39(38-19-8-12-24-45(38)55-52)31-32-44-50(51)40-20-7-9-21-41(40)54(44)42-22-10-13-25-48(42)58-49-26-14-11-23-43(49)54/h1-33H. The molecule has 8 aromatic carbocycles. The molecule has 3 nitrogen and oxygen atoms in total. The highest BCUT2D eigenvalue weighted by Gasteiger charge is 2.50. The Hall–Kier alpha value is -7.14. The van der Waals surface area contributed by atoms with Crippen LogP contribution in [0.25, 0.3) is 78.0 Å². The summed E-state index contributed by atoms with van der Waals surface area (Å²) in [7, 11) is 0. The highest BCUT2D eigenvalue weighted by molar-refractivity contribution is 7.99. The van der Waals surface area contributed by atoms with E-state index in [4.69, 9.17) is 15.0 Å². The predicted octanol–water partition coefficient (Wildman–Crippen LogP) is 13.7. The molecular weight excluding hydrogens is 723 g/mol. The van der Waals surface area contributed by atoms with Gasteiger partial charge in [0, 0.05) is 42.8 Å². The second kappa shape index (κ2) is 13.0. The quantitative estimate of drug-likeness (QED) is 0.168. The molecule has 1 spiro atoms. The van der Waals surface area contributed by atoms with Crippen molar-refractivity contribution in [3.8, 4) is 56.3 Å². The van der Waals surface area contributed by atoms with Gasteiger partial charge in [-0.1, -0.05) is 188 Å². The van der Waals surface area contributed by atoms with Gasteiger partial charge < -0.3 is 0 Å². The van der Waals surface area contributed by atoms with Crippen molar-refractivity contribution < 1.29 is 0 Å². The van der Waals surface area contributed by atoms with Gasteiger partial charge in [0.1, 0.15) is 0 Å². The minimum atomic E-state index is -0.467. The molecule has 0 saturated heterocycles. The maximum absolute atomic E-state index is 5.53. The molecule has 0 atom stereocenters. The molecule has 3 heterocycles. The van der Waals surface area contributed by atoms with Gasteiger partial charge in [-0.05, 0) is 63.0 Å².